The van der Waals surface area contributed by atoms with Crippen molar-refractivity contribution in [3.63, 3.8) is 0 Å². The fourth-order valence-electron chi connectivity index (χ4n) is 1.78. The highest BCUT2D eigenvalue weighted by atomic mass is 16.6. The standard InChI is InChI=1S/C13H10N2O5/c16-12-7-9(13(17)18)5-6-14(12)8-10-3-1-2-4-11(10)15(19)20/h1-7H,8H2,(H,17,18). The first-order valence-corrected chi connectivity index (χ1v) is 5.65. The lowest BCUT2D eigenvalue weighted by Gasteiger charge is -2.06. The predicted octanol–water partition coefficient (Wildman–Crippen LogP) is 1.50. The van der Waals surface area contributed by atoms with E-state index in [1.807, 2.05) is 0 Å². The van der Waals surface area contributed by atoms with E-state index in [9.17, 15) is 19.7 Å². The van der Waals surface area contributed by atoms with Crippen LogP contribution in [-0.4, -0.2) is 20.6 Å². The van der Waals surface area contributed by atoms with Gasteiger partial charge >= 0.3 is 5.97 Å². The normalized spacial score (nSPS) is 10.2. The van der Waals surface area contributed by atoms with Crippen LogP contribution in [0.25, 0.3) is 0 Å². The molecular weight excluding hydrogens is 264 g/mol. The Morgan fingerprint density at radius 1 is 1.30 bits per heavy atom. The zero-order valence-corrected chi connectivity index (χ0v) is 10.2. The van der Waals surface area contributed by atoms with Gasteiger partial charge in [0.2, 0.25) is 0 Å². The topological polar surface area (TPSA) is 102 Å². The van der Waals surface area contributed by atoms with Crippen LogP contribution in [0.3, 0.4) is 0 Å². The number of para-hydroxylation sites is 1. The molecule has 0 spiro atoms. The second-order valence-corrected chi connectivity index (χ2v) is 4.07. The minimum absolute atomic E-state index is 0.00981. The van der Waals surface area contributed by atoms with Gasteiger partial charge in [0, 0.05) is 23.9 Å². The van der Waals surface area contributed by atoms with Crippen LogP contribution >= 0.6 is 0 Å². The summed E-state index contributed by atoms with van der Waals surface area (Å²) in [5, 5.41) is 19.7. The molecule has 0 fully saturated rings. The van der Waals surface area contributed by atoms with Crippen molar-refractivity contribution in [1.29, 1.82) is 0 Å². The number of hydrogen-bond acceptors (Lipinski definition) is 4. The van der Waals surface area contributed by atoms with Gasteiger partial charge in [0.15, 0.2) is 0 Å². The number of carbonyl (C=O) groups is 1. The zero-order valence-electron chi connectivity index (χ0n) is 10.2. The van der Waals surface area contributed by atoms with Gasteiger partial charge in [0.05, 0.1) is 17.0 Å². The summed E-state index contributed by atoms with van der Waals surface area (Å²) in [6, 6.07) is 8.34. The molecule has 0 bridgehead atoms. The van der Waals surface area contributed by atoms with Crippen LogP contribution in [0.2, 0.25) is 0 Å². The maximum atomic E-state index is 11.8. The average molecular weight is 274 g/mol. The monoisotopic (exact) mass is 274 g/mol. The summed E-state index contributed by atoms with van der Waals surface area (Å²) in [4.78, 5) is 32.8. The van der Waals surface area contributed by atoms with Crippen molar-refractivity contribution in [3.05, 3.63) is 74.2 Å². The minimum atomic E-state index is -1.19. The summed E-state index contributed by atoms with van der Waals surface area (Å²) >= 11 is 0. The second-order valence-electron chi connectivity index (χ2n) is 4.07. The highest BCUT2D eigenvalue weighted by Crippen LogP contribution is 2.18. The number of carboxylic acids is 1. The number of rotatable bonds is 4. The summed E-state index contributed by atoms with van der Waals surface area (Å²) in [5.41, 5.74) is -0.346. The molecule has 2 aromatic rings. The van der Waals surface area contributed by atoms with Crippen molar-refractivity contribution >= 4 is 11.7 Å². The molecule has 0 saturated carbocycles. The van der Waals surface area contributed by atoms with Gasteiger partial charge in [-0.3, -0.25) is 14.9 Å². The van der Waals surface area contributed by atoms with Gasteiger partial charge in [0.25, 0.3) is 11.2 Å². The molecule has 7 heteroatoms. The molecule has 102 valence electrons. The lowest BCUT2D eigenvalue weighted by molar-refractivity contribution is -0.385. The molecule has 0 unspecified atom stereocenters. The predicted molar refractivity (Wildman–Crippen MR) is 69.9 cm³/mol. The minimum Gasteiger partial charge on any atom is -0.478 e. The largest absolute Gasteiger partial charge is 0.478 e. The van der Waals surface area contributed by atoms with Gasteiger partial charge in [-0.05, 0) is 6.07 Å². The molecule has 0 aliphatic heterocycles. The summed E-state index contributed by atoms with van der Waals surface area (Å²) < 4.78 is 1.22. The third kappa shape index (κ3) is 2.72. The molecule has 0 saturated heterocycles. The van der Waals surface area contributed by atoms with E-state index in [0.717, 1.165) is 6.07 Å². The van der Waals surface area contributed by atoms with E-state index in [1.165, 1.54) is 29.0 Å². The van der Waals surface area contributed by atoms with Gasteiger partial charge in [-0.25, -0.2) is 4.79 Å². The van der Waals surface area contributed by atoms with E-state index in [-0.39, 0.29) is 17.8 Å². The molecule has 0 atom stereocenters. The lowest BCUT2D eigenvalue weighted by atomic mass is 10.1. The zero-order chi connectivity index (χ0) is 14.7. The first-order valence-electron chi connectivity index (χ1n) is 5.65. The molecular formula is C13H10N2O5. The Labute approximate surface area is 112 Å². The molecule has 2 rings (SSSR count). The maximum absolute atomic E-state index is 11.8. The van der Waals surface area contributed by atoms with E-state index < -0.39 is 16.5 Å². The van der Waals surface area contributed by atoms with E-state index in [2.05, 4.69) is 0 Å². The number of aromatic carboxylic acids is 1. The Morgan fingerprint density at radius 3 is 2.60 bits per heavy atom. The van der Waals surface area contributed by atoms with Crippen LogP contribution in [0.1, 0.15) is 15.9 Å². The fourth-order valence-corrected chi connectivity index (χ4v) is 1.78. The third-order valence-corrected chi connectivity index (χ3v) is 2.77. The van der Waals surface area contributed by atoms with Crippen LogP contribution in [-0.2, 0) is 6.54 Å². The smallest absolute Gasteiger partial charge is 0.335 e. The number of nitro groups is 1. The van der Waals surface area contributed by atoms with Crippen LogP contribution in [0.4, 0.5) is 5.69 Å². The molecule has 0 amide bonds. The number of aromatic nitrogens is 1. The Kier molecular flexibility index (Phi) is 3.60. The summed E-state index contributed by atoms with van der Waals surface area (Å²) in [7, 11) is 0. The van der Waals surface area contributed by atoms with Crippen molar-refractivity contribution in [1.82, 2.24) is 4.57 Å². The first kappa shape index (κ1) is 13.5. The van der Waals surface area contributed by atoms with Gasteiger partial charge in [0.1, 0.15) is 0 Å². The molecule has 0 radical (unpaired) electrons. The molecule has 7 nitrogen and oxygen atoms in total. The molecule has 1 aromatic carbocycles. The van der Waals surface area contributed by atoms with Crippen LogP contribution in [0.15, 0.2) is 47.4 Å². The van der Waals surface area contributed by atoms with Crippen molar-refractivity contribution in [2.75, 3.05) is 0 Å². The molecule has 0 aliphatic carbocycles. The van der Waals surface area contributed by atoms with Gasteiger partial charge in [-0.2, -0.15) is 0 Å². The Bertz CT molecular complexity index is 736. The van der Waals surface area contributed by atoms with Crippen LogP contribution in [0, 0.1) is 10.1 Å². The number of nitrogens with zero attached hydrogens (tertiary/aromatic N) is 2. The van der Waals surface area contributed by atoms with Gasteiger partial charge < -0.3 is 9.67 Å². The van der Waals surface area contributed by atoms with Crippen molar-refractivity contribution in [2.24, 2.45) is 0 Å². The fraction of sp³-hybridized carbons (Fsp3) is 0.0769. The molecule has 1 heterocycles. The molecule has 1 N–H and O–H groups in total. The average Bonchev–Trinajstić information content (AvgIpc) is 2.41. The van der Waals surface area contributed by atoms with Crippen molar-refractivity contribution in [2.45, 2.75) is 6.54 Å². The van der Waals surface area contributed by atoms with E-state index in [1.54, 1.807) is 12.1 Å². The molecule has 1 aromatic heterocycles. The lowest BCUT2D eigenvalue weighted by Crippen LogP contribution is -2.21. The highest BCUT2D eigenvalue weighted by Gasteiger charge is 2.13. The van der Waals surface area contributed by atoms with Crippen molar-refractivity contribution in [3.8, 4) is 0 Å². The van der Waals surface area contributed by atoms with E-state index in [4.69, 9.17) is 5.11 Å². The number of pyridine rings is 1. The highest BCUT2D eigenvalue weighted by molar-refractivity contribution is 5.87. The molecule has 20 heavy (non-hydrogen) atoms. The SMILES string of the molecule is O=C(O)c1ccn(Cc2ccccc2[N+](=O)[O-])c(=O)c1. The van der Waals surface area contributed by atoms with Crippen LogP contribution in [0.5, 0.6) is 0 Å². The Hall–Kier alpha value is -2.96. The molecule has 0 aliphatic rings. The van der Waals surface area contributed by atoms with Crippen molar-refractivity contribution < 1.29 is 14.8 Å². The third-order valence-electron chi connectivity index (χ3n) is 2.77. The Balaban J connectivity index is 2.38. The number of nitro benzene ring substituents is 1. The maximum Gasteiger partial charge on any atom is 0.335 e. The summed E-state index contributed by atoms with van der Waals surface area (Å²) in [6.45, 7) is 0.00981. The van der Waals surface area contributed by atoms with E-state index >= 15 is 0 Å². The van der Waals surface area contributed by atoms with Crippen LogP contribution < -0.4 is 5.56 Å². The van der Waals surface area contributed by atoms with Gasteiger partial charge in [-0.1, -0.05) is 18.2 Å². The number of hydrogen-bond donors (Lipinski definition) is 1. The quantitative estimate of drug-likeness (QED) is 0.672. The first-order chi connectivity index (χ1) is 9.49. The summed E-state index contributed by atoms with van der Waals surface area (Å²) in [6.07, 6.45) is 1.31. The number of carboxylic acid groups (broad SMARTS) is 1. The summed E-state index contributed by atoms with van der Waals surface area (Å²) in [5.74, 6) is -1.19. The Morgan fingerprint density at radius 2 is 2.00 bits per heavy atom. The second kappa shape index (κ2) is 5.35. The number of benzene rings is 1. The van der Waals surface area contributed by atoms with E-state index in [0.29, 0.717) is 5.56 Å². The van der Waals surface area contributed by atoms with Gasteiger partial charge in [-0.15, -0.1) is 0 Å².